The largest absolute Gasteiger partial charge is 0.387 e. The fraction of sp³-hybridized carbons (Fsp3) is 0.882. The standard InChI is InChI=1S/C17H30O3/c1-6-20-17(5)11-8-12(13(18)14(17)19)16(4)10-7-9-15(16,2)3/h8,13-14,18-19H,6-7,9-11H2,1-5H3/t13-,14-,16-,17+/m1/s1. The Kier molecular flexibility index (Phi) is 4.09. The van der Waals surface area contributed by atoms with E-state index in [2.05, 4.69) is 26.8 Å². The van der Waals surface area contributed by atoms with Gasteiger partial charge in [0.05, 0.1) is 5.60 Å². The lowest BCUT2D eigenvalue weighted by Crippen LogP contribution is -2.54. The molecule has 2 aliphatic rings. The minimum atomic E-state index is -0.851. The molecular weight excluding hydrogens is 252 g/mol. The van der Waals surface area contributed by atoms with Crippen molar-refractivity contribution in [1.82, 2.24) is 0 Å². The Hall–Kier alpha value is -0.380. The van der Waals surface area contributed by atoms with E-state index >= 15 is 0 Å². The number of ether oxygens (including phenoxy) is 1. The second-order valence-corrected chi connectivity index (χ2v) is 7.57. The van der Waals surface area contributed by atoms with E-state index in [9.17, 15) is 10.2 Å². The van der Waals surface area contributed by atoms with E-state index in [0.717, 1.165) is 12.0 Å². The average Bonchev–Trinajstić information content (AvgIpc) is 2.62. The highest BCUT2D eigenvalue weighted by Crippen LogP contribution is 2.58. The van der Waals surface area contributed by atoms with Crippen LogP contribution in [0, 0.1) is 10.8 Å². The topological polar surface area (TPSA) is 49.7 Å². The predicted octanol–water partition coefficient (Wildman–Crippen LogP) is 3.05. The van der Waals surface area contributed by atoms with Gasteiger partial charge in [-0.05, 0) is 49.5 Å². The summed E-state index contributed by atoms with van der Waals surface area (Å²) in [6, 6.07) is 0. The number of aliphatic hydroxyl groups is 2. The first-order valence-electron chi connectivity index (χ1n) is 7.88. The van der Waals surface area contributed by atoms with Gasteiger partial charge in [-0.3, -0.25) is 0 Å². The van der Waals surface area contributed by atoms with Crippen LogP contribution >= 0.6 is 0 Å². The lowest BCUT2D eigenvalue weighted by Gasteiger charge is -2.48. The van der Waals surface area contributed by atoms with Crippen molar-refractivity contribution in [2.75, 3.05) is 6.61 Å². The summed E-state index contributed by atoms with van der Waals surface area (Å²) in [6.07, 6.45) is 4.57. The van der Waals surface area contributed by atoms with Gasteiger partial charge in [0.25, 0.3) is 0 Å². The summed E-state index contributed by atoms with van der Waals surface area (Å²) >= 11 is 0. The molecule has 1 fully saturated rings. The molecule has 2 aliphatic carbocycles. The first-order chi connectivity index (χ1) is 9.18. The molecule has 0 aromatic rings. The van der Waals surface area contributed by atoms with Gasteiger partial charge in [0, 0.05) is 6.61 Å². The summed E-state index contributed by atoms with van der Waals surface area (Å²) in [5.74, 6) is 0. The van der Waals surface area contributed by atoms with E-state index in [1.807, 2.05) is 13.8 Å². The Morgan fingerprint density at radius 3 is 2.35 bits per heavy atom. The van der Waals surface area contributed by atoms with Crippen molar-refractivity contribution in [3.63, 3.8) is 0 Å². The third-order valence-electron chi connectivity index (χ3n) is 6.05. The van der Waals surface area contributed by atoms with Gasteiger partial charge in [-0.15, -0.1) is 0 Å². The highest BCUT2D eigenvalue weighted by atomic mass is 16.5. The highest BCUT2D eigenvalue weighted by Gasteiger charge is 2.53. The number of rotatable bonds is 3. The molecule has 0 radical (unpaired) electrons. The van der Waals surface area contributed by atoms with Gasteiger partial charge >= 0.3 is 0 Å². The van der Waals surface area contributed by atoms with Gasteiger partial charge in [-0.25, -0.2) is 0 Å². The third-order valence-corrected chi connectivity index (χ3v) is 6.05. The van der Waals surface area contributed by atoms with Crippen molar-refractivity contribution in [1.29, 1.82) is 0 Å². The van der Waals surface area contributed by atoms with E-state index in [-0.39, 0.29) is 10.8 Å². The average molecular weight is 282 g/mol. The highest BCUT2D eigenvalue weighted by molar-refractivity contribution is 5.29. The second kappa shape index (κ2) is 5.11. The van der Waals surface area contributed by atoms with E-state index < -0.39 is 17.8 Å². The number of hydrogen-bond donors (Lipinski definition) is 2. The lowest BCUT2D eigenvalue weighted by molar-refractivity contribution is -0.148. The molecule has 3 nitrogen and oxygen atoms in total. The fourth-order valence-corrected chi connectivity index (χ4v) is 4.12. The monoisotopic (exact) mass is 282 g/mol. The van der Waals surface area contributed by atoms with E-state index in [1.165, 1.54) is 12.8 Å². The first kappa shape index (κ1) is 16.0. The maximum absolute atomic E-state index is 10.7. The van der Waals surface area contributed by atoms with Gasteiger partial charge in [-0.2, -0.15) is 0 Å². The minimum Gasteiger partial charge on any atom is -0.387 e. The molecular formula is C17H30O3. The van der Waals surface area contributed by atoms with Crippen LogP contribution < -0.4 is 0 Å². The van der Waals surface area contributed by atoms with Gasteiger partial charge < -0.3 is 14.9 Å². The third kappa shape index (κ3) is 2.24. The molecule has 2 N–H and O–H groups in total. The van der Waals surface area contributed by atoms with Crippen molar-refractivity contribution < 1.29 is 14.9 Å². The van der Waals surface area contributed by atoms with Crippen LogP contribution in [0.5, 0.6) is 0 Å². The molecule has 0 saturated heterocycles. The van der Waals surface area contributed by atoms with Crippen LogP contribution in [-0.4, -0.2) is 34.6 Å². The summed E-state index contributed by atoms with van der Waals surface area (Å²) in [5, 5.41) is 21.2. The van der Waals surface area contributed by atoms with Gasteiger partial charge in [0.2, 0.25) is 0 Å². The van der Waals surface area contributed by atoms with Gasteiger partial charge in [0.1, 0.15) is 12.2 Å². The summed E-state index contributed by atoms with van der Waals surface area (Å²) in [7, 11) is 0. The van der Waals surface area contributed by atoms with Crippen molar-refractivity contribution >= 4 is 0 Å². The molecule has 0 heterocycles. The van der Waals surface area contributed by atoms with Crippen LogP contribution in [0.15, 0.2) is 11.6 Å². The second-order valence-electron chi connectivity index (χ2n) is 7.57. The van der Waals surface area contributed by atoms with Crippen molar-refractivity contribution in [2.24, 2.45) is 10.8 Å². The molecule has 0 bridgehead atoms. The Labute approximate surface area is 123 Å². The van der Waals surface area contributed by atoms with Gasteiger partial charge in [-0.1, -0.05) is 33.3 Å². The van der Waals surface area contributed by atoms with E-state index in [1.54, 1.807) is 0 Å². The summed E-state index contributed by atoms with van der Waals surface area (Å²) in [4.78, 5) is 0. The van der Waals surface area contributed by atoms with Crippen molar-refractivity contribution in [3.8, 4) is 0 Å². The molecule has 0 aromatic carbocycles. The molecule has 116 valence electrons. The number of aliphatic hydroxyl groups excluding tert-OH is 2. The Balaban J connectivity index is 2.33. The SMILES string of the molecule is CCO[C@@]1(C)CC=C([C@@]2(C)CCCC2(C)C)[C@@H](O)[C@H]1O. The molecule has 20 heavy (non-hydrogen) atoms. The summed E-state index contributed by atoms with van der Waals surface area (Å²) < 4.78 is 5.69. The Morgan fingerprint density at radius 2 is 1.85 bits per heavy atom. The first-order valence-corrected chi connectivity index (χ1v) is 7.88. The van der Waals surface area contributed by atoms with E-state index in [0.29, 0.717) is 13.0 Å². The molecule has 3 heteroatoms. The molecule has 0 amide bonds. The van der Waals surface area contributed by atoms with Crippen LogP contribution in [0.3, 0.4) is 0 Å². The fourth-order valence-electron chi connectivity index (χ4n) is 4.12. The summed E-state index contributed by atoms with van der Waals surface area (Å²) in [5.41, 5.74) is 0.487. The molecule has 1 saturated carbocycles. The minimum absolute atomic E-state index is 0.0268. The van der Waals surface area contributed by atoms with E-state index in [4.69, 9.17) is 4.74 Å². The van der Waals surface area contributed by atoms with Crippen LogP contribution in [0.4, 0.5) is 0 Å². The van der Waals surface area contributed by atoms with Crippen LogP contribution in [0.1, 0.15) is 60.3 Å². The zero-order valence-electron chi connectivity index (χ0n) is 13.6. The van der Waals surface area contributed by atoms with Gasteiger partial charge in [0.15, 0.2) is 0 Å². The summed E-state index contributed by atoms with van der Waals surface area (Å²) in [6.45, 7) is 11.1. The molecule has 0 aliphatic heterocycles. The molecule has 0 spiro atoms. The van der Waals surface area contributed by atoms with Crippen LogP contribution in [0.25, 0.3) is 0 Å². The smallest absolute Gasteiger partial charge is 0.113 e. The molecule has 2 rings (SSSR count). The van der Waals surface area contributed by atoms with Crippen molar-refractivity contribution in [2.45, 2.75) is 78.1 Å². The normalized spacial score (nSPS) is 44.5. The zero-order chi connectivity index (χ0) is 15.2. The van der Waals surface area contributed by atoms with Crippen molar-refractivity contribution in [3.05, 3.63) is 11.6 Å². The molecule has 0 aromatic heterocycles. The predicted molar refractivity (Wildman–Crippen MR) is 80.5 cm³/mol. The Bertz CT molecular complexity index is 401. The Morgan fingerprint density at radius 1 is 1.20 bits per heavy atom. The maximum Gasteiger partial charge on any atom is 0.113 e. The molecule has 0 unspecified atom stereocenters. The lowest BCUT2D eigenvalue weighted by atomic mass is 9.60. The zero-order valence-corrected chi connectivity index (χ0v) is 13.6. The number of hydrogen-bond acceptors (Lipinski definition) is 3. The van der Waals surface area contributed by atoms with Crippen LogP contribution in [-0.2, 0) is 4.74 Å². The van der Waals surface area contributed by atoms with Crippen LogP contribution in [0.2, 0.25) is 0 Å². The quantitative estimate of drug-likeness (QED) is 0.782. The molecule has 4 atom stereocenters. The maximum atomic E-state index is 10.7.